The molecule has 2 aromatic carbocycles. The molecule has 9 heteroatoms. The third-order valence-electron chi connectivity index (χ3n) is 5.82. The van der Waals surface area contributed by atoms with Gasteiger partial charge in [-0.25, -0.2) is 4.98 Å². The summed E-state index contributed by atoms with van der Waals surface area (Å²) in [5, 5.41) is 2.91. The normalized spacial score (nSPS) is 14.4. The molecule has 0 saturated carbocycles. The minimum Gasteiger partial charge on any atom is -0.454 e. The van der Waals surface area contributed by atoms with Gasteiger partial charge in [-0.2, -0.15) is 0 Å². The van der Waals surface area contributed by atoms with Crippen molar-refractivity contribution in [3.05, 3.63) is 65.4 Å². The van der Waals surface area contributed by atoms with Gasteiger partial charge in [0.2, 0.25) is 19.5 Å². The average molecular weight is 466 g/mol. The zero-order chi connectivity index (χ0) is 23.5. The number of carbonyl (C=O) groups is 1. The molecule has 1 aromatic heterocycles. The van der Waals surface area contributed by atoms with Crippen molar-refractivity contribution in [1.29, 1.82) is 0 Å². The van der Waals surface area contributed by atoms with Crippen LogP contribution in [0, 0.1) is 0 Å². The van der Waals surface area contributed by atoms with Gasteiger partial charge in [-0.1, -0.05) is 19.1 Å². The predicted molar refractivity (Wildman–Crippen MR) is 122 cm³/mol. The fourth-order valence-corrected chi connectivity index (χ4v) is 3.84. The molecule has 2 aliphatic heterocycles. The molecule has 178 valence electrons. The van der Waals surface area contributed by atoms with Gasteiger partial charge in [-0.3, -0.25) is 9.69 Å². The summed E-state index contributed by atoms with van der Waals surface area (Å²) in [6.07, 6.45) is 2.25. The lowest BCUT2D eigenvalue weighted by atomic mass is 10.1. The number of oxazole rings is 1. The van der Waals surface area contributed by atoms with Crippen molar-refractivity contribution < 1.29 is 28.2 Å². The van der Waals surface area contributed by atoms with Crippen LogP contribution in [-0.2, 0) is 19.6 Å². The second-order valence-corrected chi connectivity index (χ2v) is 8.43. The highest BCUT2D eigenvalue weighted by Crippen LogP contribution is 2.34. The molecule has 2 aliphatic rings. The maximum atomic E-state index is 12.4. The van der Waals surface area contributed by atoms with Crippen LogP contribution in [0.1, 0.15) is 47.8 Å². The first kappa shape index (κ1) is 22.1. The minimum absolute atomic E-state index is 0.0705. The van der Waals surface area contributed by atoms with Crippen molar-refractivity contribution in [2.24, 2.45) is 0 Å². The number of amides is 1. The quantitative estimate of drug-likeness (QED) is 0.509. The Hall–Kier alpha value is -3.72. The zero-order valence-corrected chi connectivity index (χ0v) is 19.2. The van der Waals surface area contributed by atoms with Crippen LogP contribution in [-0.4, -0.2) is 35.4 Å². The van der Waals surface area contributed by atoms with Crippen molar-refractivity contribution in [1.82, 2.24) is 15.2 Å². The van der Waals surface area contributed by atoms with E-state index in [0.29, 0.717) is 25.5 Å². The lowest BCUT2D eigenvalue weighted by Crippen LogP contribution is -2.32. The third-order valence-corrected chi connectivity index (χ3v) is 5.82. The van der Waals surface area contributed by atoms with Gasteiger partial charge < -0.3 is 28.7 Å². The molecular weight excluding hydrogens is 438 g/mol. The van der Waals surface area contributed by atoms with Gasteiger partial charge in [0.15, 0.2) is 28.7 Å². The van der Waals surface area contributed by atoms with E-state index in [-0.39, 0.29) is 31.2 Å². The van der Waals surface area contributed by atoms with Crippen LogP contribution in [0.3, 0.4) is 0 Å². The highest BCUT2D eigenvalue weighted by Gasteiger charge is 2.20. The highest BCUT2D eigenvalue weighted by molar-refractivity contribution is 5.92. The average Bonchev–Trinajstić information content (AvgIpc) is 3.59. The van der Waals surface area contributed by atoms with Crippen molar-refractivity contribution in [2.45, 2.75) is 45.9 Å². The molecule has 34 heavy (non-hydrogen) atoms. The van der Waals surface area contributed by atoms with Gasteiger partial charge in [0.05, 0.1) is 6.54 Å². The summed E-state index contributed by atoms with van der Waals surface area (Å²) in [6, 6.07) is 11.9. The Kier molecular flexibility index (Phi) is 6.27. The second kappa shape index (κ2) is 9.64. The SMILES string of the molecule is CC[C@@H](C)NC(=O)c1coc(CN(Cc2ccc3c(c2)OCO3)Cc2ccc3c(c2)OCO3)n1. The van der Waals surface area contributed by atoms with E-state index >= 15 is 0 Å². The highest BCUT2D eigenvalue weighted by atomic mass is 16.7. The van der Waals surface area contributed by atoms with Crippen molar-refractivity contribution in [3.63, 3.8) is 0 Å². The number of carbonyl (C=O) groups excluding carboxylic acids is 1. The first-order chi connectivity index (χ1) is 16.6. The van der Waals surface area contributed by atoms with E-state index in [1.165, 1.54) is 6.26 Å². The van der Waals surface area contributed by atoms with Gasteiger partial charge in [-0.05, 0) is 48.7 Å². The number of fused-ring (bicyclic) bond motifs is 2. The number of ether oxygens (including phenoxy) is 4. The molecule has 3 heterocycles. The number of hydrogen-bond donors (Lipinski definition) is 1. The maximum absolute atomic E-state index is 12.4. The van der Waals surface area contributed by atoms with Crippen LogP contribution in [0.4, 0.5) is 0 Å². The summed E-state index contributed by atoms with van der Waals surface area (Å²) >= 11 is 0. The van der Waals surface area contributed by atoms with Crippen LogP contribution >= 0.6 is 0 Å². The molecule has 0 radical (unpaired) electrons. The number of nitrogens with zero attached hydrogens (tertiary/aromatic N) is 2. The largest absolute Gasteiger partial charge is 0.454 e. The molecule has 5 rings (SSSR count). The van der Waals surface area contributed by atoms with E-state index < -0.39 is 0 Å². The lowest BCUT2D eigenvalue weighted by Gasteiger charge is -2.21. The van der Waals surface area contributed by atoms with Crippen LogP contribution in [0.2, 0.25) is 0 Å². The van der Waals surface area contributed by atoms with Crippen LogP contribution in [0.5, 0.6) is 23.0 Å². The van der Waals surface area contributed by atoms with E-state index in [1.807, 2.05) is 50.2 Å². The molecular formula is C25H27N3O6. The first-order valence-electron chi connectivity index (χ1n) is 11.3. The molecule has 9 nitrogen and oxygen atoms in total. The Bertz CT molecular complexity index is 1120. The summed E-state index contributed by atoms with van der Waals surface area (Å²) in [5.41, 5.74) is 2.40. The molecule has 3 aromatic rings. The topological polar surface area (TPSA) is 95.3 Å². The van der Waals surface area contributed by atoms with E-state index in [4.69, 9.17) is 23.4 Å². The van der Waals surface area contributed by atoms with Gasteiger partial charge in [0, 0.05) is 19.1 Å². The van der Waals surface area contributed by atoms with Crippen molar-refractivity contribution >= 4 is 5.91 Å². The molecule has 0 bridgehead atoms. The second-order valence-electron chi connectivity index (χ2n) is 8.43. The Morgan fingerprint density at radius 2 is 1.53 bits per heavy atom. The molecule has 1 atom stereocenters. The zero-order valence-electron chi connectivity index (χ0n) is 19.2. The van der Waals surface area contributed by atoms with Crippen LogP contribution in [0.15, 0.2) is 47.1 Å². The smallest absolute Gasteiger partial charge is 0.273 e. The summed E-state index contributed by atoms with van der Waals surface area (Å²) in [6.45, 7) is 6.08. The number of hydrogen-bond acceptors (Lipinski definition) is 8. The van der Waals surface area contributed by atoms with Gasteiger partial charge in [0.1, 0.15) is 6.26 Å². The van der Waals surface area contributed by atoms with Crippen LogP contribution < -0.4 is 24.3 Å². The Morgan fingerprint density at radius 3 is 2.12 bits per heavy atom. The molecule has 1 amide bonds. The predicted octanol–water partition coefficient (Wildman–Crippen LogP) is 3.86. The Labute approximate surface area is 197 Å². The van der Waals surface area contributed by atoms with E-state index in [0.717, 1.165) is 40.5 Å². The monoisotopic (exact) mass is 465 g/mol. The maximum Gasteiger partial charge on any atom is 0.273 e. The molecule has 0 saturated heterocycles. The van der Waals surface area contributed by atoms with Gasteiger partial charge >= 0.3 is 0 Å². The Balaban J connectivity index is 1.34. The number of aromatic nitrogens is 1. The van der Waals surface area contributed by atoms with Crippen LogP contribution in [0.25, 0.3) is 0 Å². The van der Waals surface area contributed by atoms with E-state index in [2.05, 4.69) is 15.2 Å². The number of benzene rings is 2. The number of nitrogens with one attached hydrogen (secondary N) is 1. The molecule has 0 unspecified atom stereocenters. The lowest BCUT2D eigenvalue weighted by molar-refractivity contribution is 0.0934. The fourth-order valence-electron chi connectivity index (χ4n) is 3.84. The molecule has 0 spiro atoms. The van der Waals surface area contributed by atoms with E-state index in [1.54, 1.807) is 0 Å². The first-order valence-corrected chi connectivity index (χ1v) is 11.3. The number of rotatable bonds is 9. The van der Waals surface area contributed by atoms with Gasteiger partial charge in [-0.15, -0.1) is 0 Å². The Morgan fingerprint density at radius 1 is 0.941 bits per heavy atom. The fraction of sp³-hybridized carbons (Fsp3) is 0.360. The summed E-state index contributed by atoms with van der Waals surface area (Å²) in [4.78, 5) is 19.0. The minimum atomic E-state index is -0.234. The summed E-state index contributed by atoms with van der Waals surface area (Å²) in [5.74, 6) is 3.20. The molecule has 0 fully saturated rings. The third kappa shape index (κ3) is 4.94. The summed E-state index contributed by atoms with van der Waals surface area (Å²) in [7, 11) is 0. The summed E-state index contributed by atoms with van der Waals surface area (Å²) < 4.78 is 27.6. The van der Waals surface area contributed by atoms with Crippen molar-refractivity contribution in [2.75, 3.05) is 13.6 Å². The van der Waals surface area contributed by atoms with E-state index in [9.17, 15) is 4.79 Å². The molecule has 1 N–H and O–H groups in total. The standard InChI is InChI=1S/C25H27N3O6/c1-3-16(2)26-25(29)19-13-30-24(27-19)12-28(10-17-4-6-20-22(8-17)33-14-31-20)11-18-5-7-21-23(9-18)34-15-32-21/h4-9,13,16H,3,10-12,14-15H2,1-2H3,(H,26,29)/t16-/m1/s1. The molecule has 0 aliphatic carbocycles. The van der Waals surface area contributed by atoms with Gasteiger partial charge in [0.25, 0.3) is 5.91 Å². The van der Waals surface area contributed by atoms with Crippen molar-refractivity contribution in [3.8, 4) is 23.0 Å².